The summed E-state index contributed by atoms with van der Waals surface area (Å²) in [6, 6.07) is 20.0. The number of hydrogen-bond donors (Lipinski definition) is 2. The third-order valence-corrected chi connectivity index (χ3v) is 5.99. The molecule has 5 rings (SSSR count). The topological polar surface area (TPSA) is 102 Å². The number of halogens is 2. The van der Waals surface area contributed by atoms with Crippen LogP contribution >= 0.6 is 23.2 Å². The Morgan fingerprint density at radius 3 is 2.14 bits per heavy atom. The molecule has 3 aromatic carbocycles. The summed E-state index contributed by atoms with van der Waals surface area (Å²) in [5.41, 5.74) is 2.88. The lowest BCUT2D eigenvalue weighted by Crippen LogP contribution is -2.23. The van der Waals surface area contributed by atoms with Crippen molar-refractivity contribution in [2.75, 3.05) is 5.32 Å². The molecule has 0 aliphatic heterocycles. The Balaban J connectivity index is 1.29. The van der Waals surface area contributed by atoms with E-state index in [0.29, 0.717) is 27.0 Å². The molecule has 0 spiro atoms. The van der Waals surface area contributed by atoms with E-state index in [1.54, 1.807) is 24.4 Å². The van der Waals surface area contributed by atoms with Gasteiger partial charge in [-0.25, -0.2) is 9.67 Å². The average Bonchev–Trinajstić information content (AvgIpc) is 3.30. The normalized spacial score (nSPS) is 11.0. The molecule has 0 saturated heterocycles. The van der Waals surface area contributed by atoms with E-state index in [2.05, 4.69) is 25.9 Å². The summed E-state index contributed by atoms with van der Waals surface area (Å²) in [6.07, 6.45) is 1.59. The third-order valence-electron chi connectivity index (χ3n) is 5.36. The number of pyridine rings is 1. The molecule has 35 heavy (non-hydrogen) atoms. The van der Waals surface area contributed by atoms with Crippen LogP contribution in [0.2, 0.25) is 10.0 Å². The maximum Gasteiger partial charge on any atom is 0.252 e. The van der Waals surface area contributed by atoms with E-state index in [-0.39, 0.29) is 24.9 Å². The number of fused-ring (bicyclic) bond motifs is 2. The molecule has 2 heterocycles. The Morgan fingerprint density at radius 2 is 1.49 bits per heavy atom. The van der Waals surface area contributed by atoms with Crippen LogP contribution in [-0.2, 0) is 17.9 Å². The summed E-state index contributed by atoms with van der Waals surface area (Å²) in [5.74, 6) is -0.615. The number of nitrogens with one attached hydrogen (secondary N) is 2. The van der Waals surface area contributed by atoms with Crippen molar-refractivity contribution in [1.29, 1.82) is 0 Å². The first-order chi connectivity index (χ1) is 17.0. The second kappa shape index (κ2) is 9.69. The molecule has 0 radical (unpaired) electrons. The van der Waals surface area contributed by atoms with E-state index in [9.17, 15) is 9.59 Å². The van der Waals surface area contributed by atoms with Gasteiger partial charge in [0.1, 0.15) is 12.2 Å². The first-order valence-corrected chi connectivity index (χ1v) is 11.4. The largest absolute Gasteiger partial charge is 0.346 e. The Kier molecular flexibility index (Phi) is 6.31. The van der Waals surface area contributed by atoms with Gasteiger partial charge in [0.25, 0.3) is 5.91 Å². The number of para-hydroxylation sites is 3. The van der Waals surface area contributed by atoms with Crippen LogP contribution < -0.4 is 10.6 Å². The van der Waals surface area contributed by atoms with E-state index >= 15 is 0 Å². The van der Waals surface area contributed by atoms with Crippen molar-refractivity contribution < 1.29 is 9.59 Å². The number of benzene rings is 3. The van der Waals surface area contributed by atoms with Gasteiger partial charge >= 0.3 is 0 Å². The molecular formula is C25H18Cl2N6O2. The van der Waals surface area contributed by atoms with Gasteiger partial charge in [0.05, 0.1) is 45.1 Å². The number of hydrogen-bond acceptors (Lipinski definition) is 5. The van der Waals surface area contributed by atoms with Gasteiger partial charge in [-0.2, -0.15) is 0 Å². The Hall–Kier alpha value is -4.01. The predicted molar refractivity (Wildman–Crippen MR) is 136 cm³/mol. The van der Waals surface area contributed by atoms with Gasteiger partial charge in [-0.3, -0.25) is 9.59 Å². The molecular weight excluding hydrogens is 487 g/mol. The monoisotopic (exact) mass is 504 g/mol. The summed E-state index contributed by atoms with van der Waals surface area (Å²) in [7, 11) is 0. The van der Waals surface area contributed by atoms with Crippen LogP contribution in [0.25, 0.3) is 21.8 Å². The standard InChI is InChI=1S/C25H18Cl2N6O2/c26-18-8-5-9-19(27)24(18)30-22(34)14-33-13-15(31-32-33)12-28-25(35)23-16-6-1-3-10-20(16)29-21-11-4-2-7-17(21)23/h1-11,13H,12,14H2,(H,28,35)(H,30,34). The number of carbonyl (C=O) groups excluding carboxylic acids is 2. The van der Waals surface area contributed by atoms with Crippen molar-refractivity contribution >= 4 is 62.5 Å². The molecule has 8 nitrogen and oxygen atoms in total. The molecule has 10 heteroatoms. The van der Waals surface area contributed by atoms with Crippen LogP contribution in [0, 0.1) is 0 Å². The molecule has 0 aliphatic carbocycles. The molecule has 0 unspecified atom stereocenters. The lowest BCUT2D eigenvalue weighted by molar-refractivity contribution is -0.116. The molecule has 2 aromatic heterocycles. The maximum atomic E-state index is 13.2. The summed E-state index contributed by atoms with van der Waals surface area (Å²) >= 11 is 12.2. The SMILES string of the molecule is O=C(Cn1cc(CNC(=O)c2c3ccccc3nc3ccccc23)nn1)Nc1c(Cl)cccc1Cl. The van der Waals surface area contributed by atoms with Gasteiger partial charge in [0.15, 0.2) is 0 Å². The second-order valence-electron chi connectivity index (χ2n) is 7.76. The maximum absolute atomic E-state index is 13.2. The number of nitrogens with zero attached hydrogens (tertiary/aromatic N) is 4. The van der Waals surface area contributed by atoms with Crippen molar-refractivity contribution in [2.24, 2.45) is 0 Å². The Bertz CT molecular complexity index is 1510. The highest BCUT2D eigenvalue weighted by Crippen LogP contribution is 2.30. The van der Waals surface area contributed by atoms with Crippen LogP contribution in [0.1, 0.15) is 16.1 Å². The molecule has 174 valence electrons. The van der Waals surface area contributed by atoms with E-state index in [4.69, 9.17) is 23.2 Å². The minimum absolute atomic E-state index is 0.0951. The summed E-state index contributed by atoms with van der Waals surface area (Å²) in [6.45, 7) is 0.0455. The minimum Gasteiger partial charge on any atom is -0.346 e. The second-order valence-corrected chi connectivity index (χ2v) is 8.57. The fraction of sp³-hybridized carbons (Fsp3) is 0.0800. The van der Waals surface area contributed by atoms with E-state index < -0.39 is 0 Å². The lowest BCUT2D eigenvalue weighted by Gasteiger charge is -2.10. The number of rotatable bonds is 6. The van der Waals surface area contributed by atoms with E-state index in [0.717, 1.165) is 21.8 Å². The van der Waals surface area contributed by atoms with Crippen molar-refractivity contribution in [3.05, 3.63) is 94.2 Å². The molecule has 0 fully saturated rings. The van der Waals surface area contributed by atoms with Gasteiger partial charge in [0.2, 0.25) is 5.91 Å². The van der Waals surface area contributed by atoms with E-state index in [1.165, 1.54) is 4.68 Å². The van der Waals surface area contributed by atoms with Gasteiger partial charge in [-0.05, 0) is 24.3 Å². The van der Waals surface area contributed by atoms with Crippen LogP contribution in [0.15, 0.2) is 72.9 Å². The fourth-order valence-corrected chi connectivity index (χ4v) is 4.28. The first kappa shape index (κ1) is 22.8. The van der Waals surface area contributed by atoms with Crippen molar-refractivity contribution in [1.82, 2.24) is 25.3 Å². The van der Waals surface area contributed by atoms with Crippen molar-refractivity contribution in [3.8, 4) is 0 Å². The predicted octanol–water partition coefficient (Wildman–Crippen LogP) is 4.86. The van der Waals surface area contributed by atoms with E-state index in [1.807, 2.05) is 48.5 Å². The van der Waals surface area contributed by atoms with Gasteiger partial charge in [0, 0.05) is 10.8 Å². The Labute approximate surface area is 209 Å². The highest BCUT2D eigenvalue weighted by molar-refractivity contribution is 6.39. The Morgan fingerprint density at radius 1 is 0.857 bits per heavy atom. The van der Waals surface area contributed by atoms with Crippen molar-refractivity contribution in [3.63, 3.8) is 0 Å². The minimum atomic E-state index is -0.366. The number of aromatic nitrogens is 4. The summed E-state index contributed by atoms with van der Waals surface area (Å²) in [4.78, 5) is 30.3. The van der Waals surface area contributed by atoms with Crippen LogP contribution in [0.5, 0.6) is 0 Å². The summed E-state index contributed by atoms with van der Waals surface area (Å²) < 4.78 is 1.37. The zero-order chi connectivity index (χ0) is 24.4. The van der Waals surface area contributed by atoms with Crippen LogP contribution in [-0.4, -0.2) is 31.8 Å². The zero-order valence-electron chi connectivity index (χ0n) is 18.2. The quantitative estimate of drug-likeness (QED) is 0.321. The molecule has 2 N–H and O–H groups in total. The first-order valence-electron chi connectivity index (χ1n) is 10.7. The average molecular weight is 505 g/mol. The van der Waals surface area contributed by atoms with Gasteiger partial charge in [-0.1, -0.05) is 70.9 Å². The highest BCUT2D eigenvalue weighted by atomic mass is 35.5. The number of amides is 2. The van der Waals surface area contributed by atoms with Gasteiger partial charge in [-0.15, -0.1) is 5.10 Å². The number of carbonyl (C=O) groups is 2. The van der Waals surface area contributed by atoms with Gasteiger partial charge < -0.3 is 10.6 Å². The van der Waals surface area contributed by atoms with Crippen LogP contribution in [0.3, 0.4) is 0 Å². The fourth-order valence-electron chi connectivity index (χ4n) is 3.78. The third kappa shape index (κ3) is 4.80. The number of anilines is 1. The van der Waals surface area contributed by atoms with Crippen LogP contribution in [0.4, 0.5) is 5.69 Å². The molecule has 0 saturated carbocycles. The molecule has 0 atom stereocenters. The molecule has 5 aromatic rings. The zero-order valence-corrected chi connectivity index (χ0v) is 19.7. The molecule has 0 bridgehead atoms. The highest BCUT2D eigenvalue weighted by Gasteiger charge is 2.16. The molecule has 2 amide bonds. The summed E-state index contributed by atoms with van der Waals surface area (Å²) in [5, 5.41) is 15.8. The lowest BCUT2D eigenvalue weighted by atomic mass is 10.0. The molecule has 0 aliphatic rings. The van der Waals surface area contributed by atoms with Crippen molar-refractivity contribution in [2.45, 2.75) is 13.1 Å². The smallest absolute Gasteiger partial charge is 0.252 e.